The molecule has 0 bridgehead atoms. The molecule has 9 nitrogen and oxygen atoms in total. The number of hydrogen-bond donors (Lipinski definition) is 0. The predicted octanol–water partition coefficient (Wildman–Crippen LogP) is 3.93. The van der Waals surface area contributed by atoms with Gasteiger partial charge in [-0.2, -0.15) is 23.3 Å². The number of anilines is 1. The number of aromatic nitrogens is 4. The summed E-state index contributed by atoms with van der Waals surface area (Å²) in [6, 6.07) is 5.94. The number of thioether (sulfide) groups is 1. The van der Waals surface area contributed by atoms with E-state index in [4.69, 9.17) is 4.74 Å². The Hall–Kier alpha value is -3.58. The Labute approximate surface area is 231 Å². The van der Waals surface area contributed by atoms with Crippen molar-refractivity contribution in [2.75, 3.05) is 50.5 Å². The lowest BCUT2D eigenvalue weighted by Crippen LogP contribution is -2.49. The first-order valence-corrected chi connectivity index (χ1v) is 13.8. The van der Waals surface area contributed by atoms with Crippen LogP contribution in [0.4, 0.5) is 19.0 Å². The van der Waals surface area contributed by atoms with Crippen LogP contribution < -0.4 is 10.6 Å². The molecule has 0 saturated carbocycles. The Balaban J connectivity index is 1.69. The minimum absolute atomic E-state index is 0.0294. The summed E-state index contributed by atoms with van der Waals surface area (Å²) in [6.07, 6.45) is -3.06. The third-order valence-electron chi connectivity index (χ3n) is 7.65. The Kier molecular flexibility index (Phi) is 6.53. The Morgan fingerprint density at radius 2 is 1.93 bits per heavy atom. The van der Waals surface area contributed by atoms with Crippen LogP contribution in [0.3, 0.4) is 0 Å². The zero-order valence-corrected chi connectivity index (χ0v) is 23.0. The molecule has 4 aromatic rings. The van der Waals surface area contributed by atoms with Gasteiger partial charge in [0.1, 0.15) is 5.82 Å². The SMILES string of the molecule is COC[C@H]1CSc2c(-c3cccc4cnn(C)c34)c(C(F)(F)F)cc3c(N4CCN(C(C)=O)CC4)nc(=O)n1c23. The van der Waals surface area contributed by atoms with Gasteiger partial charge in [0, 0.05) is 79.8 Å². The van der Waals surface area contributed by atoms with Gasteiger partial charge in [0.2, 0.25) is 5.91 Å². The molecule has 210 valence electrons. The fourth-order valence-electron chi connectivity index (χ4n) is 5.81. The average Bonchev–Trinajstić information content (AvgIpc) is 3.31. The highest BCUT2D eigenvalue weighted by Crippen LogP contribution is 2.50. The minimum atomic E-state index is -4.68. The Morgan fingerprint density at radius 3 is 2.60 bits per heavy atom. The van der Waals surface area contributed by atoms with Crippen LogP contribution in [-0.4, -0.2) is 75.8 Å². The zero-order chi connectivity index (χ0) is 28.3. The fraction of sp³-hybridized carbons (Fsp3) is 0.407. The second kappa shape index (κ2) is 9.81. The molecule has 1 amide bonds. The maximum atomic E-state index is 14.9. The van der Waals surface area contributed by atoms with Gasteiger partial charge >= 0.3 is 11.9 Å². The van der Waals surface area contributed by atoms with Gasteiger partial charge < -0.3 is 14.5 Å². The number of alkyl halides is 3. The largest absolute Gasteiger partial charge is 0.417 e. The first kappa shape index (κ1) is 26.6. The van der Waals surface area contributed by atoms with Crippen LogP contribution in [0.25, 0.3) is 32.9 Å². The summed E-state index contributed by atoms with van der Waals surface area (Å²) in [5, 5.41) is 5.25. The number of para-hydroxylation sites is 1. The van der Waals surface area contributed by atoms with E-state index in [-0.39, 0.29) is 29.3 Å². The molecule has 2 aliphatic rings. The maximum absolute atomic E-state index is 14.9. The zero-order valence-electron chi connectivity index (χ0n) is 22.2. The highest BCUT2D eigenvalue weighted by Gasteiger charge is 2.40. The predicted molar refractivity (Wildman–Crippen MR) is 147 cm³/mol. The number of halogens is 3. The second-order valence-corrected chi connectivity index (χ2v) is 11.1. The minimum Gasteiger partial charge on any atom is -0.383 e. The van der Waals surface area contributed by atoms with E-state index in [1.165, 1.54) is 30.4 Å². The lowest BCUT2D eigenvalue weighted by molar-refractivity contribution is -0.137. The summed E-state index contributed by atoms with van der Waals surface area (Å²) in [5.74, 6) is 0.482. The molecular formula is C27H27F3N6O3S. The monoisotopic (exact) mass is 572 g/mol. The first-order chi connectivity index (χ1) is 19.1. The van der Waals surface area contributed by atoms with E-state index in [0.717, 1.165) is 11.5 Å². The van der Waals surface area contributed by atoms with Crippen molar-refractivity contribution in [1.82, 2.24) is 24.2 Å². The van der Waals surface area contributed by atoms with E-state index in [9.17, 15) is 22.8 Å². The van der Waals surface area contributed by atoms with Crippen LogP contribution in [-0.2, 0) is 22.8 Å². The average molecular weight is 573 g/mol. The molecule has 0 spiro atoms. The number of ether oxygens (including phenoxy) is 1. The van der Waals surface area contributed by atoms with Gasteiger partial charge in [-0.3, -0.25) is 14.0 Å². The van der Waals surface area contributed by atoms with Gasteiger partial charge in [0.25, 0.3) is 0 Å². The molecule has 0 unspecified atom stereocenters. The van der Waals surface area contributed by atoms with Crippen LogP contribution in [0, 0.1) is 0 Å². The lowest BCUT2D eigenvalue weighted by atomic mass is 9.94. The van der Waals surface area contributed by atoms with Gasteiger partial charge in [-0.15, -0.1) is 11.8 Å². The summed E-state index contributed by atoms with van der Waals surface area (Å²) in [6.45, 7) is 3.19. The number of piperazine rings is 1. The molecule has 6 rings (SSSR count). The Bertz CT molecular complexity index is 1710. The number of hydrogen-bond acceptors (Lipinski definition) is 7. The maximum Gasteiger partial charge on any atom is 0.417 e. The van der Waals surface area contributed by atoms with Crippen molar-refractivity contribution < 1.29 is 22.7 Å². The summed E-state index contributed by atoms with van der Waals surface area (Å²) in [5.41, 5.74) is 0.0893. The van der Waals surface area contributed by atoms with E-state index in [1.54, 1.807) is 39.9 Å². The second-order valence-electron chi connectivity index (χ2n) is 10.0. The molecule has 2 aliphatic heterocycles. The van der Waals surface area contributed by atoms with E-state index in [2.05, 4.69) is 10.1 Å². The third kappa shape index (κ3) is 4.22. The third-order valence-corrected chi connectivity index (χ3v) is 8.89. The molecule has 0 N–H and O–H groups in total. The highest BCUT2D eigenvalue weighted by molar-refractivity contribution is 7.99. The van der Waals surface area contributed by atoms with Crippen LogP contribution in [0.2, 0.25) is 0 Å². The molecular weight excluding hydrogens is 545 g/mol. The van der Waals surface area contributed by atoms with Crippen molar-refractivity contribution in [3.8, 4) is 11.1 Å². The standard InChI is InChI=1S/C27H27F3N6O3S/c1-15(37)34-7-9-35(10-8-34)25-19-11-20(27(28,29)30)21(18-6-4-5-16-12-31-33(2)22(16)18)24-23(19)36(26(38)32-25)17(13-39-3)14-40-24/h4-6,11-12,17H,7-10,13-14H2,1-3H3/t17-/m0/s1. The number of nitrogens with zero attached hydrogens (tertiary/aromatic N) is 6. The molecule has 40 heavy (non-hydrogen) atoms. The Morgan fingerprint density at radius 1 is 1.18 bits per heavy atom. The molecule has 2 aromatic carbocycles. The normalized spacial score (nSPS) is 17.7. The summed E-state index contributed by atoms with van der Waals surface area (Å²) >= 11 is 1.30. The van der Waals surface area contributed by atoms with Crippen molar-refractivity contribution in [1.29, 1.82) is 0 Å². The number of rotatable bonds is 4. The van der Waals surface area contributed by atoms with Crippen LogP contribution >= 0.6 is 11.8 Å². The van der Waals surface area contributed by atoms with Crippen LogP contribution in [0.15, 0.2) is 40.2 Å². The van der Waals surface area contributed by atoms with Crippen molar-refractivity contribution in [3.63, 3.8) is 0 Å². The molecule has 0 radical (unpaired) electrons. The smallest absolute Gasteiger partial charge is 0.383 e. The number of methoxy groups -OCH3 is 1. The summed E-state index contributed by atoms with van der Waals surface area (Å²) < 4.78 is 53.2. The topological polar surface area (TPSA) is 85.5 Å². The van der Waals surface area contributed by atoms with E-state index >= 15 is 0 Å². The van der Waals surface area contributed by atoms with Gasteiger partial charge in [-0.25, -0.2) is 4.79 Å². The molecule has 1 saturated heterocycles. The summed E-state index contributed by atoms with van der Waals surface area (Å²) in [4.78, 5) is 33.6. The van der Waals surface area contributed by atoms with Crippen molar-refractivity contribution >= 4 is 45.3 Å². The number of aryl methyl sites for hydroxylation is 1. The fourth-order valence-corrected chi connectivity index (χ4v) is 7.12. The van der Waals surface area contributed by atoms with E-state index < -0.39 is 23.5 Å². The van der Waals surface area contributed by atoms with Gasteiger partial charge in [0.05, 0.1) is 35.4 Å². The van der Waals surface area contributed by atoms with E-state index in [0.29, 0.717) is 53.4 Å². The lowest BCUT2D eigenvalue weighted by Gasteiger charge is -2.36. The molecule has 1 fully saturated rings. The number of fused-ring (bicyclic) bond motifs is 1. The molecule has 0 aliphatic carbocycles. The molecule has 1 atom stereocenters. The highest BCUT2D eigenvalue weighted by atomic mass is 32.2. The number of carbonyl (C=O) groups is 1. The quantitative estimate of drug-likeness (QED) is 0.366. The molecule has 2 aromatic heterocycles. The van der Waals surface area contributed by atoms with Crippen molar-refractivity contribution in [2.24, 2.45) is 7.05 Å². The number of amides is 1. The molecule has 13 heteroatoms. The first-order valence-electron chi connectivity index (χ1n) is 12.8. The van der Waals surface area contributed by atoms with Gasteiger partial charge in [0.15, 0.2) is 0 Å². The van der Waals surface area contributed by atoms with Crippen LogP contribution in [0.1, 0.15) is 18.5 Å². The number of benzene rings is 2. The van der Waals surface area contributed by atoms with Gasteiger partial charge in [-0.05, 0) is 6.07 Å². The van der Waals surface area contributed by atoms with Crippen molar-refractivity contribution in [3.05, 3.63) is 46.5 Å². The molecule has 4 heterocycles. The van der Waals surface area contributed by atoms with Crippen molar-refractivity contribution in [2.45, 2.75) is 24.0 Å². The summed E-state index contributed by atoms with van der Waals surface area (Å²) in [7, 11) is 3.23. The number of carbonyl (C=O) groups excluding carboxylic acids is 1. The van der Waals surface area contributed by atoms with Crippen LogP contribution in [0.5, 0.6) is 0 Å². The van der Waals surface area contributed by atoms with Gasteiger partial charge in [-0.1, -0.05) is 18.2 Å². The van der Waals surface area contributed by atoms with E-state index in [1.807, 2.05) is 6.07 Å².